The minimum Gasteiger partial charge on any atom is -0.385 e. The van der Waals surface area contributed by atoms with Gasteiger partial charge in [0.05, 0.1) is 0 Å². The van der Waals surface area contributed by atoms with E-state index in [1.54, 1.807) is 7.11 Å². The third-order valence-electron chi connectivity index (χ3n) is 4.75. The normalized spacial score (nSPS) is 16.5. The van der Waals surface area contributed by atoms with E-state index in [-0.39, 0.29) is 24.0 Å². The summed E-state index contributed by atoms with van der Waals surface area (Å²) in [4.78, 5) is 8.68. The minimum absolute atomic E-state index is 0. The van der Waals surface area contributed by atoms with E-state index in [0.29, 0.717) is 5.41 Å². The van der Waals surface area contributed by atoms with E-state index in [9.17, 15) is 0 Å². The predicted octanol–water partition coefficient (Wildman–Crippen LogP) is 3.00. The molecule has 0 spiro atoms. The maximum atomic E-state index is 5.30. The lowest BCUT2D eigenvalue weighted by molar-refractivity contribution is 0.138. The Balaban J connectivity index is 0.00000288. The average molecular weight is 446 g/mol. The molecule has 0 unspecified atom stereocenters. The third kappa shape index (κ3) is 6.93. The Bertz CT molecular complexity index is 475. The van der Waals surface area contributed by atoms with Crippen LogP contribution in [0.5, 0.6) is 0 Å². The SMILES string of the molecule is CN=C(NCCc1ccccn1)NCC1(CCOC)CCCC1.I. The number of nitrogens with zero attached hydrogens (tertiary/aromatic N) is 2. The summed E-state index contributed by atoms with van der Waals surface area (Å²) in [6, 6.07) is 6.02. The molecule has 0 saturated heterocycles. The molecule has 5 nitrogen and oxygen atoms in total. The van der Waals surface area contributed by atoms with Gasteiger partial charge in [-0.1, -0.05) is 18.9 Å². The first-order valence-electron chi connectivity index (χ1n) is 8.61. The lowest BCUT2D eigenvalue weighted by Crippen LogP contribution is -2.44. The number of pyridine rings is 1. The maximum Gasteiger partial charge on any atom is 0.191 e. The Labute approximate surface area is 163 Å². The maximum absolute atomic E-state index is 5.30. The van der Waals surface area contributed by atoms with E-state index in [4.69, 9.17) is 4.74 Å². The summed E-state index contributed by atoms with van der Waals surface area (Å²) >= 11 is 0. The van der Waals surface area contributed by atoms with Gasteiger partial charge in [0, 0.05) is 52.2 Å². The Hall–Kier alpha value is -0.890. The van der Waals surface area contributed by atoms with Crippen molar-refractivity contribution in [2.24, 2.45) is 10.4 Å². The van der Waals surface area contributed by atoms with Crippen molar-refractivity contribution in [3.8, 4) is 0 Å². The molecular formula is C18H31IN4O. The highest BCUT2D eigenvalue weighted by Crippen LogP contribution is 2.40. The fraction of sp³-hybridized carbons (Fsp3) is 0.667. The van der Waals surface area contributed by atoms with Crippen molar-refractivity contribution >= 4 is 29.9 Å². The number of hydrogen-bond acceptors (Lipinski definition) is 3. The van der Waals surface area contributed by atoms with Crippen LogP contribution in [0.15, 0.2) is 29.4 Å². The molecule has 136 valence electrons. The summed E-state index contributed by atoms with van der Waals surface area (Å²) in [5.41, 5.74) is 1.47. The van der Waals surface area contributed by atoms with Crippen molar-refractivity contribution in [1.82, 2.24) is 15.6 Å². The molecule has 0 atom stereocenters. The molecule has 0 radical (unpaired) electrons. The fourth-order valence-electron chi connectivity index (χ4n) is 3.31. The summed E-state index contributed by atoms with van der Waals surface area (Å²) in [6.07, 6.45) is 9.09. The number of hydrogen-bond donors (Lipinski definition) is 2. The smallest absolute Gasteiger partial charge is 0.191 e. The molecule has 0 aromatic carbocycles. The lowest BCUT2D eigenvalue weighted by atomic mass is 9.83. The zero-order valence-corrected chi connectivity index (χ0v) is 17.2. The molecule has 1 aliphatic carbocycles. The summed E-state index contributed by atoms with van der Waals surface area (Å²) < 4.78 is 5.30. The molecule has 1 saturated carbocycles. The van der Waals surface area contributed by atoms with Crippen LogP contribution in [0.1, 0.15) is 37.8 Å². The molecule has 1 heterocycles. The average Bonchev–Trinajstić information content (AvgIpc) is 3.06. The first-order chi connectivity index (χ1) is 11.3. The van der Waals surface area contributed by atoms with Gasteiger partial charge in [0.1, 0.15) is 0 Å². The highest BCUT2D eigenvalue weighted by atomic mass is 127. The predicted molar refractivity (Wildman–Crippen MR) is 110 cm³/mol. The molecule has 2 N–H and O–H groups in total. The van der Waals surface area contributed by atoms with E-state index in [0.717, 1.165) is 44.2 Å². The zero-order chi connectivity index (χ0) is 16.4. The van der Waals surface area contributed by atoms with Gasteiger partial charge in [0.2, 0.25) is 0 Å². The number of guanidine groups is 1. The molecule has 2 rings (SSSR count). The molecular weight excluding hydrogens is 415 g/mol. The van der Waals surface area contributed by atoms with Crippen LogP contribution >= 0.6 is 24.0 Å². The third-order valence-corrected chi connectivity index (χ3v) is 4.75. The van der Waals surface area contributed by atoms with Gasteiger partial charge < -0.3 is 15.4 Å². The summed E-state index contributed by atoms with van der Waals surface area (Å²) in [5, 5.41) is 6.89. The number of aliphatic imine (C=N–C) groups is 1. The largest absolute Gasteiger partial charge is 0.385 e. The van der Waals surface area contributed by atoms with Crippen LogP contribution < -0.4 is 10.6 Å². The number of nitrogens with one attached hydrogen (secondary N) is 2. The molecule has 0 bridgehead atoms. The number of methoxy groups -OCH3 is 1. The highest BCUT2D eigenvalue weighted by Gasteiger charge is 2.33. The van der Waals surface area contributed by atoms with Gasteiger partial charge in [-0.3, -0.25) is 9.98 Å². The fourth-order valence-corrected chi connectivity index (χ4v) is 3.31. The standard InChI is InChI=1S/C18H30N4O.HI/c1-19-17(21-13-8-16-7-3-6-12-20-16)22-15-18(11-14-23-2)9-4-5-10-18;/h3,6-7,12H,4-5,8-11,13-15H2,1-2H3,(H2,19,21,22);1H. The Morgan fingerprint density at radius 3 is 2.71 bits per heavy atom. The number of aromatic nitrogens is 1. The monoisotopic (exact) mass is 446 g/mol. The summed E-state index contributed by atoms with van der Waals surface area (Å²) in [6.45, 7) is 2.65. The van der Waals surface area contributed by atoms with Crippen molar-refractivity contribution in [3.63, 3.8) is 0 Å². The zero-order valence-electron chi connectivity index (χ0n) is 14.9. The van der Waals surface area contributed by atoms with Crippen molar-refractivity contribution in [2.45, 2.75) is 38.5 Å². The topological polar surface area (TPSA) is 58.5 Å². The van der Waals surface area contributed by atoms with Crippen LogP contribution in [-0.4, -0.2) is 44.8 Å². The second kappa shape index (κ2) is 11.6. The Morgan fingerprint density at radius 2 is 2.08 bits per heavy atom. The van der Waals surface area contributed by atoms with Gasteiger partial charge in [-0.15, -0.1) is 24.0 Å². The van der Waals surface area contributed by atoms with Crippen molar-refractivity contribution in [3.05, 3.63) is 30.1 Å². The molecule has 0 aliphatic heterocycles. The number of ether oxygens (including phenoxy) is 1. The van der Waals surface area contributed by atoms with Gasteiger partial charge >= 0.3 is 0 Å². The van der Waals surface area contributed by atoms with Gasteiger partial charge in [0.15, 0.2) is 5.96 Å². The minimum atomic E-state index is 0. The first-order valence-corrected chi connectivity index (χ1v) is 8.61. The van der Waals surface area contributed by atoms with E-state index < -0.39 is 0 Å². The van der Waals surface area contributed by atoms with E-state index in [2.05, 4.69) is 26.7 Å². The number of rotatable bonds is 8. The molecule has 6 heteroatoms. The molecule has 1 aromatic heterocycles. The molecule has 1 aliphatic rings. The van der Waals surface area contributed by atoms with E-state index >= 15 is 0 Å². The second-order valence-corrected chi connectivity index (χ2v) is 6.37. The quantitative estimate of drug-likeness (QED) is 0.366. The molecule has 24 heavy (non-hydrogen) atoms. The molecule has 0 amide bonds. The Morgan fingerprint density at radius 1 is 1.29 bits per heavy atom. The summed E-state index contributed by atoms with van der Waals surface area (Å²) in [7, 11) is 3.61. The van der Waals surface area contributed by atoms with E-state index in [1.807, 2.05) is 25.4 Å². The van der Waals surface area contributed by atoms with Crippen LogP contribution in [0.4, 0.5) is 0 Å². The van der Waals surface area contributed by atoms with Crippen molar-refractivity contribution in [1.29, 1.82) is 0 Å². The first kappa shape index (κ1) is 21.2. The van der Waals surface area contributed by atoms with Gasteiger partial charge in [0.25, 0.3) is 0 Å². The van der Waals surface area contributed by atoms with E-state index in [1.165, 1.54) is 25.7 Å². The highest BCUT2D eigenvalue weighted by molar-refractivity contribution is 14.0. The van der Waals surface area contributed by atoms with Crippen LogP contribution in [-0.2, 0) is 11.2 Å². The van der Waals surface area contributed by atoms with Crippen LogP contribution in [0.25, 0.3) is 0 Å². The van der Waals surface area contributed by atoms with Gasteiger partial charge in [-0.2, -0.15) is 0 Å². The van der Waals surface area contributed by atoms with Gasteiger partial charge in [-0.25, -0.2) is 0 Å². The van der Waals surface area contributed by atoms with Crippen LogP contribution in [0.2, 0.25) is 0 Å². The van der Waals surface area contributed by atoms with Crippen molar-refractivity contribution in [2.75, 3.05) is 33.9 Å². The summed E-state index contributed by atoms with van der Waals surface area (Å²) in [5.74, 6) is 0.879. The lowest BCUT2D eigenvalue weighted by Gasteiger charge is -2.29. The number of halogens is 1. The Kier molecular flexibility index (Phi) is 10.2. The second-order valence-electron chi connectivity index (χ2n) is 6.37. The van der Waals surface area contributed by atoms with Crippen molar-refractivity contribution < 1.29 is 4.74 Å². The molecule has 1 aromatic rings. The van der Waals surface area contributed by atoms with Crippen LogP contribution in [0, 0.1) is 5.41 Å². The van der Waals surface area contributed by atoms with Crippen LogP contribution in [0.3, 0.4) is 0 Å². The molecule has 1 fully saturated rings. The van der Waals surface area contributed by atoms with Gasteiger partial charge in [-0.05, 0) is 36.8 Å².